The van der Waals surface area contributed by atoms with Crippen molar-refractivity contribution in [1.82, 2.24) is 24.6 Å². The molecule has 7 nitrogen and oxygen atoms in total. The molecule has 188 valence electrons. The number of thioether (sulfide) groups is 1. The predicted molar refractivity (Wildman–Crippen MR) is 128 cm³/mol. The fourth-order valence-electron chi connectivity index (χ4n) is 5.33. The number of anilines is 1. The molecule has 2 fully saturated rings. The Labute approximate surface area is 206 Å². The number of halogens is 3. The highest BCUT2D eigenvalue weighted by molar-refractivity contribution is 7.99. The number of alkyl halides is 3. The molecule has 0 aliphatic carbocycles. The SMILES string of the molecule is Cc1ncoc1-c1nnc(SCCCN2C[C@@H]3N(c4ccc(C(F)(F)F)cc4)CCC3(C)C2)n1C. The average molecular weight is 507 g/mol. The first kappa shape index (κ1) is 24.2. The third kappa shape index (κ3) is 4.67. The van der Waals surface area contributed by atoms with Gasteiger partial charge in [-0.1, -0.05) is 18.7 Å². The normalized spacial score (nSPS) is 22.8. The molecule has 1 aromatic carbocycles. The zero-order valence-electron chi connectivity index (χ0n) is 20.0. The molecule has 3 aromatic rings. The van der Waals surface area contributed by atoms with Crippen LogP contribution in [0.2, 0.25) is 0 Å². The molecule has 4 heterocycles. The fourth-order valence-corrected chi connectivity index (χ4v) is 6.16. The molecule has 0 radical (unpaired) electrons. The molecule has 5 rings (SSSR count). The van der Waals surface area contributed by atoms with E-state index in [1.807, 2.05) is 18.5 Å². The second kappa shape index (κ2) is 9.16. The average Bonchev–Trinajstić information content (AvgIpc) is 3.54. The maximum absolute atomic E-state index is 12.9. The fraction of sp³-hybridized carbons (Fsp3) is 0.542. The molecule has 0 N–H and O–H groups in total. The van der Waals surface area contributed by atoms with Crippen LogP contribution in [0, 0.1) is 12.3 Å². The molecule has 2 atom stereocenters. The van der Waals surface area contributed by atoms with Crippen molar-refractivity contribution in [3.05, 3.63) is 41.9 Å². The second-order valence-corrected chi connectivity index (χ2v) is 10.8. The highest BCUT2D eigenvalue weighted by Crippen LogP contribution is 2.44. The van der Waals surface area contributed by atoms with Gasteiger partial charge < -0.3 is 18.8 Å². The molecule has 2 aliphatic rings. The molecule has 0 amide bonds. The van der Waals surface area contributed by atoms with E-state index in [2.05, 4.69) is 31.9 Å². The van der Waals surface area contributed by atoms with Gasteiger partial charge in [-0.15, -0.1) is 10.2 Å². The molecule has 2 aromatic heterocycles. The van der Waals surface area contributed by atoms with Crippen LogP contribution in [0.4, 0.5) is 18.9 Å². The maximum Gasteiger partial charge on any atom is 0.416 e. The Bertz CT molecular complexity index is 1180. The Morgan fingerprint density at radius 1 is 1.20 bits per heavy atom. The minimum absolute atomic E-state index is 0.156. The number of likely N-dealkylation sites (tertiary alicyclic amines) is 1. The highest BCUT2D eigenvalue weighted by atomic mass is 32.2. The van der Waals surface area contributed by atoms with Gasteiger partial charge in [0.15, 0.2) is 17.3 Å². The minimum Gasteiger partial charge on any atom is -0.440 e. The molecular formula is C24H29F3N6OS. The zero-order valence-corrected chi connectivity index (χ0v) is 20.9. The van der Waals surface area contributed by atoms with Gasteiger partial charge in [-0.05, 0) is 50.6 Å². The van der Waals surface area contributed by atoms with E-state index in [-0.39, 0.29) is 5.41 Å². The van der Waals surface area contributed by atoms with Gasteiger partial charge in [-0.25, -0.2) is 4.98 Å². The number of fused-ring (bicyclic) bond motifs is 1. The van der Waals surface area contributed by atoms with Crippen LogP contribution < -0.4 is 4.90 Å². The quantitative estimate of drug-likeness (QED) is 0.334. The van der Waals surface area contributed by atoms with Crippen LogP contribution in [0.15, 0.2) is 40.2 Å². The van der Waals surface area contributed by atoms with Crippen LogP contribution in [0.3, 0.4) is 0 Å². The lowest BCUT2D eigenvalue weighted by molar-refractivity contribution is -0.137. The van der Waals surface area contributed by atoms with Gasteiger partial charge in [0.2, 0.25) is 5.82 Å². The van der Waals surface area contributed by atoms with E-state index >= 15 is 0 Å². The Morgan fingerprint density at radius 2 is 1.97 bits per heavy atom. The smallest absolute Gasteiger partial charge is 0.416 e. The monoisotopic (exact) mass is 506 g/mol. The van der Waals surface area contributed by atoms with Crippen molar-refractivity contribution in [2.24, 2.45) is 12.5 Å². The number of hydrogen-bond donors (Lipinski definition) is 0. The molecule has 11 heteroatoms. The molecule has 0 saturated carbocycles. The van der Waals surface area contributed by atoms with Crippen molar-refractivity contribution >= 4 is 17.4 Å². The van der Waals surface area contributed by atoms with Crippen LogP contribution in [-0.2, 0) is 13.2 Å². The lowest BCUT2D eigenvalue weighted by Gasteiger charge is -2.30. The largest absolute Gasteiger partial charge is 0.440 e. The van der Waals surface area contributed by atoms with E-state index in [4.69, 9.17) is 4.42 Å². The lowest BCUT2D eigenvalue weighted by atomic mass is 9.85. The maximum atomic E-state index is 12.9. The molecule has 2 aliphatic heterocycles. The zero-order chi connectivity index (χ0) is 24.8. The van der Waals surface area contributed by atoms with Gasteiger partial charge in [0.25, 0.3) is 0 Å². The summed E-state index contributed by atoms with van der Waals surface area (Å²) in [5.41, 5.74) is 1.22. The molecule has 0 bridgehead atoms. The summed E-state index contributed by atoms with van der Waals surface area (Å²) in [5.74, 6) is 2.23. The van der Waals surface area contributed by atoms with Crippen molar-refractivity contribution in [2.45, 2.75) is 44.1 Å². The Hall–Kier alpha value is -2.53. The van der Waals surface area contributed by atoms with E-state index < -0.39 is 11.7 Å². The van der Waals surface area contributed by atoms with E-state index in [1.165, 1.54) is 18.5 Å². The molecule has 2 saturated heterocycles. The van der Waals surface area contributed by atoms with Gasteiger partial charge >= 0.3 is 6.18 Å². The summed E-state index contributed by atoms with van der Waals surface area (Å²) in [6.07, 6.45) is -0.831. The summed E-state index contributed by atoms with van der Waals surface area (Å²) in [6.45, 7) is 7.99. The van der Waals surface area contributed by atoms with E-state index in [1.54, 1.807) is 23.9 Å². The number of rotatable bonds is 7. The molecule has 1 unspecified atom stereocenters. The summed E-state index contributed by atoms with van der Waals surface area (Å²) in [7, 11) is 1.93. The standard InChI is InChI=1S/C24H29F3N6OS/c1-16-20(34-15-28-16)21-29-30-22(31(21)3)35-12-4-10-32-13-19-23(2,14-32)9-11-33(19)18-7-5-17(6-8-18)24(25,26)27/h5-8,15,19H,4,9-14H2,1-3H3/t19-,23?/m0/s1. The number of aryl methyl sites for hydroxylation is 1. The summed E-state index contributed by atoms with van der Waals surface area (Å²) in [5, 5.41) is 9.40. The van der Waals surface area contributed by atoms with Crippen LogP contribution in [0.25, 0.3) is 11.6 Å². The number of hydrogen-bond acceptors (Lipinski definition) is 7. The Balaban J connectivity index is 1.15. The van der Waals surface area contributed by atoms with Crippen molar-refractivity contribution in [2.75, 3.05) is 36.8 Å². The molecular weight excluding hydrogens is 477 g/mol. The predicted octanol–water partition coefficient (Wildman–Crippen LogP) is 4.88. The first-order valence-corrected chi connectivity index (χ1v) is 12.7. The number of benzene rings is 1. The first-order chi connectivity index (χ1) is 16.7. The van der Waals surface area contributed by atoms with Crippen molar-refractivity contribution < 1.29 is 17.6 Å². The summed E-state index contributed by atoms with van der Waals surface area (Å²) in [6, 6.07) is 5.93. The third-order valence-electron chi connectivity index (χ3n) is 7.28. The topological polar surface area (TPSA) is 63.2 Å². The van der Waals surface area contributed by atoms with Gasteiger partial charge in [-0.3, -0.25) is 0 Å². The summed E-state index contributed by atoms with van der Waals surface area (Å²) in [4.78, 5) is 8.90. The van der Waals surface area contributed by atoms with Crippen LogP contribution >= 0.6 is 11.8 Å². The molecule has 35 heavy (non-hydrogen) atoms. The lowest BCUT2D eigenvalue weighted by Crippen LogP contribution is -2.37. The van der Waals surface area contributed by atoms with Crippen LogP contribution in [0.5, 0.6) is 0 Å². The summed E-state index contributed by atoms with van der Waals surface area (Å²) < 4.78 is 46.2. The van der Waals surface area contributed by atoms with Gasteiger partial charge in [-0.2, -0.15) is 13.2 Å². The van der Waals surface area contributed by atoms with Gasteiger partial charge in [0, 0.05) is 49.6 Å². The van der Waals surface area contributed by atoms with Gasteiger partial charge in [0.1, 0.15) is 0 Å². The summed E-state index contributed by atoms with van der Waals surface area (Å²) >= 11 is 1.67. The minimum atomic E-state index is -4.30. The Kier molecular flexibility index (Phi) is 6.33. The number of nitrogens with zero attached hydrogens (tertiary/aromatic N) is 6. The van der Waals surface area contributed by atoms with Crippen molar-refractivity contribution in [3.8, 4) is 11.6 Å². The highest BCUT2D eigenvalue weighted by Gasteiger charge is 2.50. The molecule has 0 spiro atoms. The second-order valence-electron chi connectivity index (χ2n) is 9.73. The van der Waals surface area contributed by atoms with Crippen LogP contribution in [-0.4, -0.2) is 62.6 Å². The van der Waals surface area contributed by atoms with Crippen molar-refractivity contribution in [1.29, 1.82) is 0 Å². The van der Waals surface area contributed by atoms with E-state index in [0.717, 1.165) is 61.3 Å². The number of aromatic nitrogens is 4. The first-order valence-electron chi connectivity index (χ1n) is 11.7. The van der Waals surface area contributed by atoms with E-state index in [0.29, 0.717) is 17.6 Å². The van der Waals surface area contributed by atoms with E-state index in [9.17, 15) is 13.2 Å². The Morgan fingerprint density at radius 3 is 2.66 bits per heavy atom. The number of oxazole rings is 1. The van der Waals surface area contributed by atoms with Crippen LogP contribution in [0.1, 0.15) is 31.0 Å². The third-order valence-corrected chi connectivity index (χ3v) is 8.39. The van der Waals surface area contributed by atoms with Gasteiger partial charge in [0.05, 0.1) is 11.3 Å². The van der Waals surface area contributed by atoms with Crippen molar-refractivity contribution in [3.63, 3.8) is 0 Å².